The van der Waals surface area contributed by atoms with Gasteiger partial charge in [0, 0.05) is 10.0 Å². The molecule has 2 aromatic rings. The Kier molecular flexibility index (Phi) is 5.35. The van der Waals surface area contributed by atoms with Crippen LogP contribution in [0.2, 0.25) is 10.0 Å². The zero-order valence-electron chi connectivity index (χ0n) is 11.1. The Hall–Kier alpha value is -2.11. The first kappa shape index (κ1) is 16.3. The van der Waals surface area contributed by atoms with Crippen LogP contribution in [0.1, 0.15) is 10.4 Å². The van der Waals surface area contributed by atoms with Crippen molar-refractivity contribution in [3.05, 3.63) is 63.9 Å². The van der Waals surface area contributed by atoms with E-state index in [2.05, 4.69) is 5.32 Å². The van der Waals surface area contributed by atoms with E-state index in [0.29, 0.717) is 5.02 Å². The van der Waals surface area contributed by atoms with Gasteiger partial charge in [0.2, 0.25) is 0 Å². The monoisotopic (exact) mass is 341 g/mol. The molecule has 0 saturated heterocycles. The first-order valence-corrected chi connectivity index (χ1v) is 6.89. The van der Waals surface area contributed by atoms with E-state index >= 15 is 0 Å². The maximum atomic E-state index is 13.5. The molecular weight excluding hydrogens is 332 g/mol. The third-order valence-corrected chi connectivity index (χ3v) is 3.07. The van der Waals surface area contributed by atoms with Crippen molar-refractivity contribution >= 4 is 40.8 Å². The van der Waals surface area contributed by atoms with Gasteiger partial charge in [-0.05, 0) is 36.4 Å². The molecule has 7 heteroatoms. The van der Waals surface area contributed by atoms with Gasteiger partial charge >= 0.3 is 5.97 Å². The number of anilines is 1. The zero-order chi connectivity index (χ0) is 16.1. The number of carbonyl (C=O) groups excluding carboxylic acids is 2. The summed E-state index contributed by atoms with van der Waals surface area (Å²) in [5.74, 6) is -2.05. The Morgan fingerprint density at radius 3 is 2.50 bits per heavy atom. The predicted octanol–water partition coefficient (Wildman–Crippen LogP) is 3.93. The Bertz CT molecular complexity index is 722. The van der Waals surface area contributed by atoms with Gasteiger partial charge in [0.1, 0.15) is 5.82 Å². The molecule has 0 bridgehead atoms. The van der Waals surface area contributed by atoms with E-state index in [-0.39, 0.29) is 16.3 Å². The summed E-state index contributed by atoms with van der Waals surface area (Å²) >= 11 is 11.4. The fourth-order valence-corrected chi connectivity index (χ4v) is 1.96. The van der Waals surface area contributed by atoms with Crippen LogP contribution in [0.5, 0.6) is 0 Å². The smallest absolute Gasteiger partial charge is 0.338 e. The second kappa shape index (κ2) is 7.24. The van der Waals surface area contributed by atoms with Gasteiger partial charge in [-0.2, -0.15) is 0 Å². The highest BCUT2D eigenvalue weighted by molar-refractivity contribution is 6.31. The molecule has 0 spiro atoms. The van der Waals surface area contributed by atoms with Crippen molar-refractivity contribution in [1.82, 2.24) is 0 Å². The largest absolute Gasteiger partial charge is 0.452 e. The third-order valence-electron chi connectivity index (χ3n) is 2.60. The van der Waals surface area contributed by atoms with Crippen LogP contribution in [-0.2, 0) is 9.53 Å². The molecule has 22 heavy (non-hydrogen) atoms. The van der Waals surface area contributed by atoms with E-state index in [4.69, 9.17) is 27.9 Å². The molecule has 114 valence electrons. The van der Waals surface area contributed by atoms with E-state index in [9.17, 15) is 14.0 Å². The van der Waals surface area contributed by atoms with Crippen molar-refractivity contribution in [2.75, 3.05) is 11.9 Å². The summed E-state index contributed by atoms with van der Waals surface area (Å²) < 4.78 is 18.3. The fraction of sp³-hybridized carbons (Fsp3) is 0.0667. The minimum atomic E-state index is -0.700. The van der Waals surface area contributed by atoms with Gasteiger partial charge < -0.3 is 10.1 Å². The molecule has 0 radical (unpaired) electrons. The first-order chi connectivity index (χ1) is 10.5. The average Bonchev–Trinajstić information content (AvgIpc) is 2.47. The third kappa shape index (κ3) is 4.44. The summed E-state index contributed by atoms with van der Waals surface area (Å²) in [6.45, 7) is -0.548. The molecule has 0 aromatic heterocycles. The Morgan fingerprint density at radius 2 is 1.82 bits per heavy atom. The highest BCUT2D eigenvalue weighted by Crippen LogP contribution is 2.18. The number of esters is 1. The van der Waals surface area contributed by atoms with Gasteiger partial charge in [-0.25, -0.2) is 9.18 Å². The van der Waals surface area contributed by atoms with Crippen LogP contribution in [0.4, 0.5) is 10.1 Å². The van der Waals surface area contributed by atoms with Crippen LogP contribution < -0.4 is 5.32 Å². The number of amides is 1. The highest BCUT2D eigenvalue weighted by atomic mass is 35.5. The molecule has 0 fully saturated rings. The second-order valence-corrected chi connectivity index (χ2v) is 5.13. The summed E-state index contributed by atoms with van der Waals surface area (Å²) in [6.07, 6.45) is 0. The maximum Gasteiger partial charge on any atom is 0.338 e. The first-order valence-electron chi connectivity index (χ1n) is 6.13. The van der Waals surface area contributed by atoms with Crippen LogP contribution in [0, 0.1) is 5.82 Å². The van der Waals surface area contributed by atoms with Gasteiger partial charge in [-0.15, -0.1) is 0 Å². The van der Waals surface area contributed by atoms with Crippen molar-refractivity contribution in [3.63, 3.8) is 0 Å². The van der Waals surface area contributed by atoms with Crippen molar-refractivity contribution in [2.24, 2.45) is 0 Å². The minimum absolute atomic E-state index is 0.0480. The summed E-state index contributed by atoms with van der Waals surface area (Å²) in [7, 11) is 0. The van der Waals surface area contributed by atoms with Crippen LogP contribution in [0.3, 0.4) is 0 Å². The van der Waals surface area contributed by atoms with E-state index in [0.717, 1.165) is 6.07 Å². The normalized spacial score (nSPS) is 10.1. The maximum absolute atomic E-state index is 13.5. The van der Waals surface area contributed by atoms with Gasteiger partial charge in [0.15, 0.2) is 6.61 Å². The van der Waals surface area contributed by atoms with E-state index in [1.807, 2.05) is 0 Å². The number of halogens is 3. The van der Waals surface area contributed by atoms with Gasteiger partial charge in [0.25, 0.3) is 5.91 Å². The van der Waals surface area contributed by atoms with Crippen LogP contribution >= 0.6 is 23.2 Å². The number of hydrogen-bond donors (Lipinski definition) is 1. The quantitative estimate of drug-likeness (QED) is 0.857. The molecule has 0 aliphatic rings. The summed E-state index contributed by atoms with van der Waals surface area (Å²) in [4.78, 5) is 23.4. The molecule has 0 saturated carbocycles. The van der Waals surface area contributed by atoms with Gasteiger partial charge in [-0.1, -0.05) is 29.3 Å². The molecule has 0 atom stereocenters. The summed E-state index contributed by atoms with van der Waals surface area (Å²) in [6, 6.07) is 9.92. The summed E-state index contributed by atoms with van der Waals surface area (Å²) in [5.41, 5.74) is 0.172. The number of hydrogen-bond acceptors (Lipinski definition) is 3. The zero-order valence-corrected chi connectivity index (χ0v) is 12.6. The SMILES string of the molecule is O=C(COC(=O)c1cccc(Cl)c1)Nc1ccc(Cl)cc1F. The number of nitrogens with one attached hydrogen (secondary N) is 1. The van der Waals surface area contributed by atoms with Crippen LogP contribution in [0.15, 0.2) is 42.5 Å². The molecular formula is C15H10Cl2FNO3. The van der Waals surface area contributed by atoms with E-state index in [1.165, 1.54) is 24.3 Å². The Morgan fingerprint density at radius 1 is 1.09 bits per heavy atom. The van der Waals surface area contributed by atoms with Crippen molar-refractivity contribution < 1.29 is 18.7 Å². The molecule has 0 heterocycles. The molecule has 4 nitrogen and oxygen atoms in total. The molecule has 0 unspecified atom stereocenters. The number of rotatable bonds is 4. The topological polar surface area (TPSA) is 55.4 Å². The second-order valence-electron chi connectivity index (χ2n) is 4.26. The minimum Gasteiger partial charge on any atom is -0.452 e. The lowest BCUT2D eigenvalue weighted by atomic mass is 10.2. The lowest BCUT2D eigenvalue weighted by Gasteiger charge is -2.08. The standard InChI is InChI=1S/C15H10Cl2FNO3/c16-10-3-1-2-9(6-10)15(21)22-8-14(20)19-13-5-4-11(17)7-12(13)18/h1-7H,8H2,(H,19,20). The van der Waals surface area contributed by atoms with Crippen molar-refractivity contribution in [1.29, 1.82) is 0 Å². The molecule has 1 amide bonds. The van der Waals surface area contributed by atoms with Gasteiger partial charge in [0.05, 0.1) is 11.3 Å². The van der Waals surface area contributed by atoms with Crippen molar-refractivity contribution in [3.8, 4) is 0 Å². The highest BCUT2D eigenvalue weighted by Gasteiger charge is 2.12. The molecule has 2 aromatic carbocycles. The number of carbonyl (C=O) groups is 2. The predicted molar refractivity (Wildman–Crippen MR) is 81.8 cm³/mol. The van der Waals surface area contributed by atoms with E-state index in [1.54, 1.807) is 12.1 Å². The average molecular weight is 342 g/mol. The van der Waals surface area contributed by atoms with Crippen LogP contribution in [0.25, 0.3) is 0 Å². The Balaban J connectivity index is 1.91. The molecule has 0 aliphatic carbocycles. The fourth-order valence-electron chi connectivity index (χ4n) is 1.61. The number of benzene rings is 2. The molecule has 2 rings (SSSR count). The number of ether oxygens (including phenoxy) is 1. The van der Waals surface area contributed by atoms with Crippen LogP contribution in [-0.4, -0.2) is 18.5 Å². The van der Waals surface area contributed by atoms with Crippen molar-refractivity contribution in [2.45, 2.75) is 0 Å². The lowest BCUT2D eigenvalue weighted by molar-refractivity contribution is -0.119. The summed E-state index contributed by atoms with van der Waals surface area (Å²) in [5, 5.41) is 2.87. The van der Waals surface area contributed by atoms with Gasteiger partial charge in [-0.3, -0.25) is 4.79 Å². The molecule has 0 aliphatic heterocycles. The Labute approximate surface area is 135 Å². The molecule has 1 N–H and O–H groups in total. The van der Waals surface area contributed by atoms with E-state index < -0.39 is 24.3 Å². The lowest BCUT2D eigenvalue weighted by Crippen LogP contribution is -2.21.